The van der Waals surface area contributed by atoms with Gasteiger partial charge >= 0.3 is 0 Å². The zero-order valence-corrected chi connectivity index (χ0v) is 21.4. The highest BCUT2D eigenvalue weighted by Gasteiger charge is 2.24. The summed E-state index contributed by atoms with van der Waals surface area (Å²) in [6, 6.07) is 20.6. The third-order valence-corrected chi connectivity index (χ3v) is 6.73. The number of nitrogens with two attached hydrogens (primary N) is 1. The Hall–Kier alpha value is -3.18. The molecule has 0 aromatic heterocycles. The molecule has 0 unspecified atom stereocenters. The summed E-state index contributed by atoms with van der Waals surface area (Å²) in [4.78, 5) is 2.42. The molecule has 0 radical (unpaired) electrons. The van der Waals surface area contributed by atoms with Gasteiger partial charge in [0.15, 0.2) is 0 Å². The molecule has 5 nitrogen and oxygen atoms in total. The molecular formula is C30H38N2O3. The van der Waals surface area contributed by atoms with Crippen molar-refractivity contribution in [2.75, 3.05) is 25.2 Å². The van der Waals surface area contributed by atoms with Gasteiger partial charge < -0.3 is 25.2 Å². The summed E-state index contributed by atoms with van der Waals surface area (Å²) < 4.78 is 11.4. The SMILES string of the molecule is CCN(Cc1ccc(OCC(C)(C)N)cc1)c1cc(OC)ccc1[C@@H]1CCc2cc(O)ccc2C1. The van der Waals surface area contributed by atoms with Crippen molar-refractivity contribution in [1.82, 2.24) is 0 Å². The zero-order valence-electron chi connectivity index (χ0n) is 21.4. The second-order valence-corrected chi connectivity index (χ2v) is 10.3. The van der Waals surface area contributed by atoms with E-state index in [0.29, 0.717) is 18.3 Å². The van der Waals surface area contributed by atoms with Crippen molar-refractivity contribution in [2.24, 2.45) is 5.73 Å². The highest BCUT2D eigenvalue weighted by Crippen LogP contribution is 2.40. The lowest BCUT2D eigenvalue weighted by Crippen LogP contribution is -2.38. The summed E-state index contributed by atoms with van der Waals surface area (Å²) in [6.07, 6.45) is 3.03. The Morgan fingerprint density at radius 3 is 2.43 bits per heavy atom. The van der Waals surface area contributed by atoms with Crippen LogP contribution in [-0.4, -0.2) is 30.9 Å². The Morgan fingerprint density at radius 2 is 1.74 bits per heavy atom. The fraction of sp³-hybridized carbons (Fsp3) is 0.400. The molecule has 0 heterocycles. The first kappa shape index (κ1) is 24.9. The third kappa shape index (κ3) is 6.29. The van der Waals surface area contributed by atoms with Crippen LogP contribution in [0.4, 0.5) is 5.69 Å². The number of aryl methyl sites for hydroxylation is 1. The quantitative estimate of drug-likeness (QED) is 0.409. The number of phenolic OH excluding ortho intramolecular Hbond substituents is 1. The fourth-order valence-corrected chi connectivity index (χ4v) is 4.82. The van der Waals surface area contributed by atoms with Crippen LogP contribution < -0.4 is 20.1 Å². The number of hydrogen-bond donors (Lipinski definition) is 2. The first-order chi connectivity index (χ1) is 16.8. The van der Waals surface area contributed by atoms with Gasteiger partial charge in [0.2, 0.25) is 0 Å². The minimum atomic E-state index is -0.361. The Morgan fingerprint density at radius 1 is 1.00 bits per heavy atom. The molecule has 0 saturated heterocycles. The minimum absolute atomic E-state index is 0.354. The smallest absolute Gasteiger partial charge is 0.120 e. The van der Waals surface area contributed by atoms with Crippen molar-refractivity contribution in [3.8, 4) is 17.2 Å². The molecule has 0 fully saturated rings. The third-order valence-electron chi connectivity index (χ3n) is 6.73. The minimum Gasteiger partial charge on any atom is -0.508 e. The molecule has 3 aromatic rings. The van der Waals surface area contributed by atoms with Gasteiger partial charge in [0.05, 0.1) is 7.11 Å². The lowest BCUT2D eigenvalue weighted by atomic mass is 9.79. The van der Waals surface area contributed by atoms with Crippen molar-refractivity contribution >= 4 is 5.69 Å². The molecule has 0 amide bonds. The summed E-state index contributed by atoms with van der Waals surface area (Å²) in [7, 11) is 1.72. The van der Waals surface area contributed by atoms with Gasteiger partial charge in [0, 0.05) is 30.4 Å². The van der Waals surface area contributed by atoms with Crippen molar-refractivity contribution in [1.29, 1.82) is 0 Å². The van der Waals surface area contributed by atoms with Gasteiger partial charge in [-0.25, -0.2) is 0 Å². The predicted molar refractivity (Wildman–Crippen MR) is 143 cm³/mol. The van der Waals surface area contributed by atoms with Gasteiger partial charge in [-0.1, -0.05) is 24.3 Å². The van der Waals surface area contributed by atoms with Crippen LogP contribution in [0.2, 0.25) is 0 Å². The summed E-state index contributed by atoms with van der Waals surface area (Å²) in [5, 5.41) is 9.87. The van der Waals surface area contributed by atoms with Crippen molar-refractivity contribution < 1.29 is 14.6 Å². The normalized spacial score (nSPS) is 15.4. The van der Waals surface area contributed by atoms with E-state index in [2.05, 4.69) is 48.2 Å². The molecule has 0 spiro atoms. The number of benzene rings is 3. The van der Waals surface area contributed by atoms with Crippen molar-refractivity contribution in [2.45, 2.75) is 58.0 Å². The van der Waals surface area contributed by atoms with Crippen LogP contribution in [0.25, 0.3) is 0 Å². The topological polar surface area (TPSA) is 68.0 Å². The van der Waals surface area contributed by atoms with Crippen LogP contribution >= 0.6 is 0 Å². The summed E-state index contributed by atoms with van der Waals surface area (Å²) >= 11 is 0. The number of anilines is 1. The average molecular weight is 475 g/mol. The largest absolute Gasteiger partial charge is 0.508 e. The molecule has 0 saturated carbocycles. The van der Waals surface area contributed by atoms with Gasteiger partial charge in [0.25, 0.3) is 0 Å². The summed E-state index contributed by atoms with van der Waals surface area (Å²) in [5.74, 6) is 2.49. The van der Waals surface area contributed by atoms with Crippen molar-refractivity contribution in [3.05, 3.63) is 82.9 Å². The van der Waals surface area contributed by atoms with Crippen molar-refractivity contribution in [3.63, 3.8) is 0 Å². The summed E-state index contributed by atoms with van der Waals surface area (Å²) in [6.45, 7) is 8.28. The lowest BCUT2D eigenvalue weighted by Gasteiger charge is -2.32. The van der Waals surface area contributed by atoms with Crippen LogP contribution in [0.5, 0.6) is 17.2 Å². The number of hydrogen-bond acceptors (Lipinski definition) is 5. The van der Waals surface area contributed by atoms with E-state index in [9.17, 15) is 5.11 Å². The molecule has 3 aromatic carbocycles. The number of ether oxygens (including phenoxy) is 2. The highest BCUT2D eigenvalue weighted by molar-refractivity contribution is 5.60. The van der Waals surface area contributed by atoms with Crippen LogP contribution in [0.15, 0.2) is 60.7 Å². The number of rotatable bonds is 9. The molecule has 3 N–H and O–H groups in total. The van der Waals surface area contributed by atoms with Gasteiger partial charge in [-0.3, -0.25) is 0 Å². The maximum Gasteiger partial charge on any atom is 0.120 e. The first-order valence-electron chi connectivity index (χ1n) is 12.5. The Balaban J connectivity index is 1.56. The van der Waals surface area contributed by atoms with E-state index < -0.39 is 0 Å². The van der Waals surface area contributed by atoms with E-state index in [1.807, 2.05) is 32.0 Å². The molecule has 1 aliphatic rings. The first-order valence-corrected chi connectivity index (χ1v) is 12.5. The highest BCUT2D eigenvalue weighted by atomic mass is 16.5. The molecule has 1 atom stereocenters. The number of nitrogens with zero attached hydrogens (tertiary/aromatic N) is 1. The van der Waals surface area contributed by atoms with Crippen LogP contribution in [0, 0.1) is 0 Å². The molecule has 186 valence electrons. The molecule has 5 heteroatoms. The van der Waals surface area contributed by atoms with Crippen LogP contribution in [-0.2, 0) is 19.4 Å². The second-order valence-electron chi connectivity index (χ2n) is 10.3. The zero-order chi connectivity index (χ0) is 25.0. The van der Waals surface area contributed by atoms with Gasteiger partial charge in [0.1, 0.15) is 23.9 Å². The Kier molecular flexibility index (Phi) is 7.56. The molecule has 0 bridgehead atoms. The number of phenols is 1. The van der Waals surface area contributed by atoms with E-state index in [1.165, 1.54) is 27.9 Å². The predicted octanol–water partition coefficient (Wildman–Crippen LogP) is 5.82. The maximum atomic E-state index is 9.87. The second kappa shape index (κ2) is 10.6. The molecule has 1 aliphatic carbocycles. The summed E-state index contributed by atoms with van der Waals surface area (Å²) in [5.41, 5.74) is 12.1. The number of fused-ring (bicyclic) bond motifs is 1. The van der Waals surface area contributed by atoms with E-state index in [1.54, 1.807) is 13.2 Å². The van der Waals surface area contributed by atoms with E-state index >= 15 is 0 Å². The maximum absolute atomic E-state index is 9.87. The molecule has 4 rings (SSSR count). The standard InChI is InChI=1S/C30H38N2O3/c1-5-32(19-21-6-12-26(13-7-21)35-20-30(2,3)31)29-18-27(34-4)14-15-28(29)24-9-8-23-17-25(33)11-10-22(23)16-24/h6-7,10-15,17-18,24,33H,5,8-9,16,19-20,31H2,1-4H3/t24-/m1/s1. The van der Waals surface area contributed by atoms with Crippen LogP contribution in [0.3, 0.4) is 0 Å². The van der Waals surface area contributed by atoms with Gasteiger partial charge in [-0.05, 0) is 98.5 Å². The fourth-order valence-electron chi connectivity index (χ4n) is 4.82. The van der Waals surface area contributed by atoms with E-state index in [4.69, 9.17) is 15.2 Å². The molecule has 35 heavy (non-hydrogen) atoms. The number of methoxy groups -OCH3 is 1. The average Bonchev–Trinajstić information content (AvgIpc) is 2.85. The Labute approximate surface area is 209 Å². The van der Waals surface area contributed by atoms with Crippen LogP contribution in [0.1, 0.15) is 55.4 Å². The molecule has 0 aliphatic heterocycles. The lowest BCUT2D eigenvalue weighted by molar-refractivity contribution is 0.243. The Bertz CT molecular complexity index is 1140. The van der Waals surface area contributed by atoms with E-state index in [0.717, 1.165) is 43.9 Å². The monoisotopic (exact) mass is 474 g/mol. The van der Waals surface area contributed by atoms with Gasteiger partial charge in [-0.2, -0.15) is 0 Å². The molecular weight excluding hydrogens is 436 g/mol. The van der Waals surface area contributed by atoms with Gasteiger partial charge in [-0.15, -0.1) is 0 Å². The van der Waals surface area contributed by atoms with E-state index in [-0.39, 0.29) is 5.54 Å². The number of aromatic hydroxyl groups is 1.